The summed E-state index contributed by atoms with van der Waals surface area (Å²) in [4.78, 5) is 15.3. The molecule has 0 unspecified atom stereocenters. The molecule has 2 rings (SSSR count). The van der Waals surface area contributed by atoms with Crippen LogP contribution in [0.2, 0.25) is 0 Å². The van der Waals surface area contributed by atoms with Crippen molar-refractivity contribution in [3.63, 3.8) is 0 Å². The second-order valence-corrected chi connectivity index (χ2v) is 5.23. The van der Waals surface area contributed by atoms with Crippen molar-refractivity contribution in [2.45, 2.75) is 51.5 Å². The second-order valence-electron chi connectivity index (χ2n) is 5.23. The van der Waals surface area contributed by atoms with Crippen molar-refractivity contribution in [1.29, 1.82) is 0 Å². The Balaban J connectivity index is 2.18. The van der Waals surface area contributed by atoms with Crippen LogP contribution in [0, 0.1) is 0 Å². The smallest absolute Gasteiger partial charge is 0.322 e. The van der Waals surface area contributed by atoms with E-state index in [4.69, 9.17) is 4.74 Å². The van der Waals surface area contributed by atoms with E-state index in [0.717, 1.165) is 6.54 Å². The summed E-state index contributed by atoms with van der Waals surface area (Å²) in [5, 5.41) is 3.12. The molecule has 0 bridgehead atoms. The van der Waals surface area contributed by atoms with Gasteiger partial charge in [-0.25, -0.2) is 0 Å². The van der Waals surface area contributed by atoms with E-state index >= 15 is 0 Å². The molecule has 0 saturated heterocycles. The zero-order valence-electron chi connectivity index (χ0n) is 12.7. The molecule has 0 atom stereocenters. The number of hydrogen-bond acceptors (Lipinski definition) is 6. The molecule has 1 fully saturated rings. The Bertz CT molecular complexity index is 418. The van der Waals surface area contributed by atoms with Gasteiger partial charge >= 0.3 is 6.01 Å². The van der Waals surface area contributed by atoms with Gasteiger partial charge in [0.2, 0.25) is 11.9 Å². The molecule has 0 amide bonds. The van der Waals surface area contributed by atoms with Crippen LogP contribution in [-0.4, -0.2) is 41.7 Å². The summed E-state index contributed by atoms with van der Waals surface area (Å²) < 4.78 is 5.18. The van der Waals surface area contributed by atoms with Gasteiger partial charge in [-0.05, 0) is 19.8 Å². The van der Waals surface area contributed by atoms with Crippen molar-refractivity contribution in [3.05, 3.63) is 0 Å². The Hall–Kier alpha value is -1.59. The third-order valence-corrected chi connectivity index (χ3v) is 3.81. The lowest BCUT2D eigenvalue weighted by Crippen LogP contribution is -2.33. The highest BCUT2D eigenvalue weighted by atomic mass is 16.5. The molecule has 20 heavy (non-hydrogen) atoms. The number of hydrogen-bond donors (Lipinski definition) is 1. The molecule has 0 radical (unpaired) electrons. The molecule has 1 aromatic heterocycles. The molecular formula is C14H25N5O. The van der Waals surface area contributed by atoms with Gasteiger partial charge in [-0.15, -0.1) is 0 Å². The first-order valence-electron chi connectivity index (χ1n) is 7.51. The van der Waals surface area contributed by atoms with Gasteiger partial charge in [-0.2, -0.15) is 15.0 Å². The summed E-state index contributed by atoms with van der Waals surface area (Å²) in [5.74, 6) is 1.27. The van der Waals surface area contributed by atoms with Crippen molar-refractivity contribution >= 4 is 11.9 Å². The molecule has 1 saturated carbocycles. The maximum Gasteiger partial charge on any atom is 0.322 e. The molecule has 0 aliphatic heterocycles. The third kappa shape index (κ3) is 3.71. The standard InChI is InChI=1S/C14H25N5O/c1-4-15-12-16-13(18-14(17-12)20-3)19(2)11-9-7-5-6-8-10-11/h11H,4-10H2,1-3H3,(H,15,16,17,18). The predicted molar refractivity (Wildman–Crippen MR) is 80.4 cm³/mol. The average Bonchev–Trinajstić information content (AvgIpc) is 2.75. The van der Waals surface area contributed by atoms with Gasteiger partial charge in [-0.1, -0.05) is 25.7 Å². The maximum atomic E-state index is 5.18. The quantitative estimate of drug-likeness (QED) is 0.835. The van der Waals surface area contributed by atoms with Gasteiger partial charge in [-0.3, -0.25) is 0 Å². The number of rotatable bonds is 5. The first kappa shape index (κ1) is 14.8. The molecule has 1 aliphatic carbocycles. The molecule has 6 heteroatoms. The van der Waals surface area contributed by atoms with Crippen LogP contribution >= 0.6 is 0 Å². The van der Waals surface area contributed by atoms with Crippen molar-refractivity contribution in [2.24, 2.45) is 0 Å². The number of anilines is 2. The molecule has 0 aromatic carbocycles. The highest BCUT2D eigenvalue weighted by molar-refractivity contribution is 5.38. The summed E-state index contributed by atoms with van der Waals surface area (Å²) in [6, 6.07) is 0.880. The summed E-state index contributed by atoms with van der Waals surface area (Å²) in [7, 11) is 3.65. The average molecular weight is 279 g/mol. The van der Waals surface area contributed by atoms with E-state index in [9.17, 15) is 0 Å². The van der Waals surface area contributed by atoms with Gasteiger partial charge in [0.05, 0.1) is 7.11 Å². The molecule has 1 aliphatic rings. The maximum absolute atomic E-state index is 5.18. The number of methoxy groups -OCH3 is 1. The molecule has 1 N–H and O–H groups in total. The van der Waals surface area contributed by atoms with Crippen molar-refractivity contribution in [1.82, 2.24) is 15.0 Å². The predicted octanol–water partition coefficient (Wildman–Crippen LogP) is 2.47. The van der Waals surface area contributed by atoms with E-state index in [1.807, 2.05) is 6.92 Å². The fourth-order valence-corrected chi connectivity index (χ4v) is 2.64. The minimum absolute atomic E-state index is 0.367. The second kappa shape index (κ2) is 7.26. The van der Waals surface area contributed by atoms with E-state index in [1.165, 1.54) is 38.5 Å². The number of nitrogens with zero attached hydrogens (tertiary/aromatic N) is 4. The third-order valence-electron chi connectivity index (χ3n) is 3.81. The minimum atomic E-state index is 0.367. The summed E-state index contributed by atoms with van der Waals surface area (Å²) in [6.07, 6.45) is 7.68. The Morgan fingerprint density at radius 1 is 1.15 bits per heavy atom. The van der Waals surface area contributed by atoms with E-state index in [1.54, 1.807) is 7.11 Å². The molecule has 0 spiro atoms. The monoisotopic (exact) mass is 279 g/mol. The zero-order valence-corrected chi connectivity index (χ0v) is 12.7. The van der Waals surface area contributed by atoms with Gasteiger partial charge in [0.15, 0.2) is 0 Å². The summed E-state index contributed by atoms with van der Waals surface area (Å²) in [6.45, 7) is 2.80. The lowest BCUT2D eigenvalue weighted by molar-refractivity contribution is 0.378. The van der Waals surface area contributed by atoms with Crippen molar-refractivity contribution < 1.29 is 4.74 Å². The minimum Gasteiger partial charge on any atom is -0.467 e. The van der Waals surface area contributed by atoms with Crippen LogP contribution in [0.1, 0.15) is 45.4 Å². The number of ether oxygens (including phenoxy) is 1. The van der Waals surface area contributed by atoms with Crippen LogP contribution in [0.3, 0.4) is 0 Å². The van der Waals surface area contributed by atoms with E-state index < -0.39 is 0 Å². The first-order valence-corrected chi connectivity index (χ1v) is 7.51. The SMILES string of the molecule is CCNc1nc(OC)nc(N(C)C2CCCCCC2)n1. The van der Waals surface area contributed by atoms with Crippen LogP contribution in [0.15, 0.2) is 0 Å². The topological polar surface area (TPSA) is 63.2 Å². The number of aromatic nitrogens is 3. The number of nitrogens with one attached hydrogen (secondary N) is 1. The first-order chi connectivity index (χ1) is 9.74. The normalized spacial score (nSPS) is 16.6. The summed E-state index contributed by atoms with van der Waals surface area (Å²) >= 11 is 0. The summed E-state index contributed by atoms with van der Waals surface area (Å²) in [5.41, 5.74) is 0. The zero-order chi connectivity index (χ0) is 14.4. The Labute approximate surface area is 121 Å². The fraction of sp³-hybridized carbons (Fsp3) is 0.786. The largest absolute Gasteiger partial charge is 0.467 e. The molecular weight excluding hydrogens is 254 g/mol. The van der Waals surface area contributed by atoms with E-state index in [2.05, 4.69) is 32.2 Å². The van der Waals surface area contributed by atoms with Crippen LogP contribution < -0.4 is 15.0 Å². The fourth-order valence-electron chi connectivity index (χ4n) is 2.64. The van der Waals surface area contributed by atoms with E-state index in [-0.39, 0.29) is 0 Å². The Morgan fingerprint density at radius 3 is 2.45 bits per heavy atom. The van der Waals surface area contributed by atoms with Crippen LogP contribution in [0.5, 0.6) is 6.01 Å². The van der Waals surface area contributed by atoms with Crippen molar-refractivity contribution in [3.8, 4) is 6.01 Å². The Morgan fingerprint density at radius 2 is 1.85 bits per heavy atom. The van der Waals surface area contributed by atoms with E-state index in [0.29, 0.717) is 23.9 Å². The lowest BCUT2D eigenvalue weighted by Gasteiger charge is -2.27. The van der Waals surface area contributed by atoms with Gasteiger partial charge in [0, 0.05) is 19.6 Å². The van der Waals surface area contributed by atoms with Gasteiger partial charge in [0.1, 0.15) is 0 Å². The van der Waals surface area contributed by atoms with Crippen LogP contribution in [0.25, 0.3) is 0 Å². The van der Waals surface area contributed by atoms with Crippen LogP contribution in [-0.2, 0) is 0 Å². The molecule has 1 heterocycles. The molecule has 112 valence electrons. The molecule has 6 nitrogen and oxygen atoms in total. The lowest BCUT2D eigenvalue weighted by atomic mass is 10.1. The highest BCUT2D eigenvalue weighted by Crippen LogP contribution is 2.24. The van der Waals surface area contributed by atoms with Gasteiger partial charge < -0.3 is 15.0 Å². The van der Waals surface area contributed by atoms with Crippen molar-refractivity contribution in [2.75, 3.05) is 30.9 Å². The highest BCUT2D eigenvalue weighted by Gasteiger charge is 2.20. The molecule has 1 aromatic rings. The van der Waals surface area contributed by atoms with Gasteiger partial charge in [0.25, 0.3) is 0 Å². The Kier molecular flexibility index (Phi) is 5.38. The van der Waals surface area contributed by atoms with Crippen LogP contribution in [0.4, 0.5) is 11.9 Å².